The van der Waals surface area contributed by atoms with Crippen LogP contribution in [0.5, 0.6) is 0 Å². The molecule has 2 heterocycles. The predicted octanol–water partition coefficient (Wildman–Crippen LogP) is 0.266. The van der Waals surface area contributed by atoms with Crippen LogP contribution < -0.4 is 5.32 Å². The molecule has 2 aliphatic heterocycles. The second-order valence-electron chi connectivity index (χ2n) is 5.78. The molecular formula is C12H20N2O3S. The summed E-state index contributed by atoms with van der Waals surface area (Å²) in [6.07, 6.45) is 5.44. The van der Waals surface area contributed by atoms with Gasteiger partial charge in [0.2, 0.25) is 5.91 Å². The maximum absolute atomic E-state index is 12.4. The summed E-state index contributed by atoms with van der Waals surface area (Å²) in [7, 11) is -2.95. The topological polar surface area (TPSA) is 66.5 Å². The van der Waals surface area contributed by atoms with Gasteiger partial charge >= 0.3 is 0 Å². The molecule has 3 aliphatic rings. The summed E-state index contributed by atoms with van der Waals surface area (Å²) in [6, 6.07) is 0. The quantitative estimate of drug-likeness (QED) is 0.783. The molecule has 1 saturated carbocycles. The maximum Gasteiger partial charge on any atom is 0.243 e. The fraction of sp³-hybridized carbons (Fsp3) is 0.917. The van der Waals surface area contributed by atoms with Crippen molar-refractivity contribution in [1.29, 1.82) is 0 Å². The summed E-state index contributed by atoms with van der Waals surface area (Å²) in [4.78, 5) is 14.1. The molecule has 1 spiro atoms. The van der Waals surface area contributed by atoms with Crippen molar-refractivity contribution < 1.29 is 13.2 Å². The van der Waals surface area contributed by atoms with Crippen LogP contribution in [0.4, 0.5) is 0 Å². The lowest BCUT2D eigenvalue weighted by Crippen LogP contribution is -2.45. The van der Waals surface area contributed by atoms with E-state index in [2.05, 4.69) is 5.32 Å². The van der Waals surface area contributed by atoms with Crippen molar-refractivity contribution >= 4 is 15.7 Å². The number of carbonyl (C=O) groups is 1. The second kappa shape index (κ2) is 4.20. The van der Waals surface area contributed by atoms with E-state index in [0.29, 0.717) is 19.6 Å². The minimum Gasteiger partial charge on any atom is -0.327 e. The Hall–Kier alpha value is -0.620. The molecule has 0 aromatic rings. The van der Waals surface area contributed by atoms with Gasteiger partial charge in [-0.3, -0.25) is 10.1 Å². The molecule has 0 aromatic heterocycles. The summed E-state index contributed by atoms with van der Waals surface area (Å²) < 4.78 is 23.6. The summed E-state index contributed by atoms with van der Waals surface area (Å²) >= 11 is 0. The minimum absolute atomic E-state index is 0.127. The second-order valence-corrected chi connectivity index (χ2v) is 8.18. The summed E-state index contributed by atoms with van der Waals surface area (Å²) in [6.45, 7) is 0.904. The molecule has 3 rings (SSSR count). The van der Waals surface area contributed by atoms with E-state index in [0.717, 1.165) is 32.1 Å². The van der Waals surface area contributed by atoms with E-state index in [1.165, 1.54) is 0 Å². The van der Waals surface area contributed by atoms with Crippen molar-refractivity contribution in [2.45, 2.75) is 49.3 Å². The highest BCUT2D eigenvalue weighted by Gasteiger charge is 2.49. The SMILES string of the molecule is O=C1N(CC2CCCS2(=O)=O)CNC12CCCC2. The molecule has 1 atom stereocenters. The van der Waals surface area contributed by atoms with Crippen molar-refractivity contribution in [3.63, 3.8) is 0 Å². The van der Waals surface area contributed by atoms with E-state index in [1.807, 2.05) is 0 Å². The van der Waals surface area contributed by atoms with Gasteiger partial charge in [0.25, 0.3) is 0 Å². The number of hydrogen-bond acceptors (Lipinski definition) is 4. The molecule has 0 aromatic carbocycles. The van der Waals surface area contributed by atoms with Crippen molar-refractivity contribution in [2.24, 2.45) is 0 Å². The minimum atomic E-state index is -2.95. The molecule has 6 heteroatoms. The molecule has 18 heavy (non-hydrogen) atoms. The smallest absolute Gasteiger partial charge is 0.243 e. The first-order chi connectivity index (χ1) is 8.54. The van der Waals surface area contributed by atoms with Gasteiger partial charge in [0.15, 0.2) is 9.84 Å². The van der Waals surface area contributed by atoms with E-state index in [1.54, 1.807) is 4.90 Å². The predicted molar refractivity (Wildman–Crippen MR) is 67.7 cm³/mol. The first-order valence-electron chi connectivity index (χ1n) is 6.80. The zero-order chi connectivity index (χ0) is 12.8. The molecule has 3 fully saturated rings. The molecular weight excluding hydrogens is 252 g/mol. The largest absolute Gasteiger partial charge is 0.327 e. The van der Waals surface area contributed by atoms with E-state index in [4.69, 9.17) is 0 Å². The van der Waals surface area contributed by atoms with Gasteiger partial charge in [-0.25, -0.2) is 8.42 Å². The summed E-state index contributed by atoms with van der Waals surface area (Å²) in [5.74, 6) is 0.417. The molecule has 5 nitrogen and oxygen atoms in total. The first-order valence-corrected chi connectivity index (χ1v) is 8.51. The number of hydrogen-bond donors (Lipinski definition) is 1. The molecule has 1 amide bonds. The Morgan fingerprint density at radius 1 is 1.28 bits per heavy atom. The Balaban J connectivity index is 1.70. The van der Waals surface area contributed by atoms with Crippen LogP contribution in [0.25, 0.3) is 0 Å². The van der Waals surface area contributed by atoms with Crippen LogP contribution in [-0.2, 0) is 14.6 Å². The van der Waals surface area contributed by atoms with Crippen molar-refractivity contribution in [2.75, 3.05) is 19.0 Å². The molecule has 1 N–H and O–H groups in total. The van der Waals surface area contributed by atoms with Crippen LogP contribution in [0.1, 0.15) is 38.5 Å². The average Bonchev–Trinajstić information content (AvgIpc) is 2.98. The summed E-state index contributed by atoms with van der Waals surface area (Å²) in [5, 5.41) is 2.98. The zero-order valence-electron chi connectivity index (χ0n) is 10.5. The monoisotopic (exact) mass is 272 g/mol. The molecule has 0 bridgehead atoms. The van der Waals surface area contributed by atoms with Crippen LogP contribution in [0.15, 0.2) is 0 Å². The molecule has 1 aliphatic carbocycles. The third-order valence-corrected chi connectivity index (χ3v) is 6.91. The maximum atomic E-state index is 12.4. The number of amides is 1. The Labute approximate surface area is 108 Å². The fourth-order valence-corrected chi connectivity index (χ4v) is 5.36. The van der Waals surface area contributed by atoms with Gasteiger partial charge in [-0.2, -0.15) is 0 Å². The lowest BCUT2D eigenvalue weighted by molar-refractivity contribution is -0.132. The number of sulfone groups is 1. The Kier molecular flexibility index (Phi) is 2.90. The van der Waals surface area contributed by atoms with Crippen LogP contribution in [0, 0.1) is 0 Å². The van der Waals surface area contributed by atoms with Gasteiger partial charge in [-0.1, -0.05) is 12.8 Å². The van der Waals surface area contributed by atoms with Gasteiger partial charge in [-0.05, 0) is 25.7 Å². The fourth-order valence-electron chi connectivity index (χ4n) is 3.52. The number of rotatable bonds is 2. The Morgan fingerprint density at radius 3 is 2.61 bits per heavy atom. The van der Waals surface area contributed by atoms with E-state index < -0.39 is 9.84 Å². The standard InChI is InChI=1S/C12H20N2O3S/c15-11-12(5-1-2-6-12)13-9-14(11)8-10-4-3-7-18(10,16)17/h10,13H,1-9H2. The number of nitrogens with zero attached hydrogens (tertiary/aromatic N) is 1. The van der Waals surface area contributed by atoms with Gasteiger partial charge in [0, 0.05) is 6.54 Å². The Bertz CT molecular complexity index is 454. The summed E-state index contributed by atoms with van der Waals surface area (Å²) in [5.41, 5.74) is -0.359. The third kappa shape index (κ3) is 1.86. The van der Waals surface area contributed by atoms with Gasteiger partial charge < -0.3 is 4.90 Å². The first kappa shape index (κ1) is 12.4. The Morgan fingerprint density at radius 2 is 2.00 bits per heavy atom. The van der Waals surface area contributed by atoms with Crippen LogP contribution >= 0.6 is 0 Å². The normalized spacial score (nSPS) is 33.7. The van der Waals surface area contributed by atoms with E-state index >= 15 is 0 Å². The number of carbonyl (C=O) groups excluding carboxylic acids is 1. The van der Waals surface area contributed by atoms with Crippen LogP contribution in [-0.4, -0.2) is 49.0 Å². The third-order valence-electron chi connectivity index (χ3n) is 4.65. The van der Waals surface area contributed by atoms with Crippen LogP contribution in [0.3, 0.4) is 0 Å². The highest BCUT2D eigenvalue weighted by atomic mass is 32.2. The lowest BCUT2D eigenvalue weighted by Gasteiger charge is -2.23. The molecule has 0 radical (unpaired) electrons. The van der Waals surface area contributed by atoms with Gasteiger partial charge in [0.1, 0.15) is 0 Å². The molecule has 1 unspecified atom stereocenters. The van der Waals surface area contributed by atoms with Crippen LogP contribution in [0.2, 0.25) is 0 Å². The van der Waals surface area contributed by atoms with Gasteiger partial charge in [0.05, 0.1) is 23.2 Å². The van der Waals surface area contributed by atoms with Crippen molar-refractivity contribution in [1.82, 2.24) is 10.2 Å². The highest BCUT2D eigenvalue weighted by molar-refractivity contribution is 7.92. The van der Waals surface area contributed by atoms with E-state index in [9.17, 15) is 13.2 Å². The number of nitrogens with one attached hydrogen (secondary N) is 1. The molecule has 2 saturated heterocycles. The van der Waals surface area contributed by atoms with Gasteiger partial charge in [-0.15, -0.1) is 0 Å². The van der Waals surface area contributed by atoms with Crippen molar-refractivity contribution in [3.05, 3.63) is 0 Å². The lowest BCUT2D eigenvalue weighted by atomic mass is 9.98. The zero-order valence-corrected chi connectivity index (χ0v) is 11.3. The van der Waals surface area contributed by atoms with Crippen molar-refractivity contribution in [3.8, 4) is 0 Å². The highest BCUT2D eigenvalue weighted by Crippen LogP contribution is 2.35. The average molecular weight is 272 g/mol. The molecule has 102 valence electrons. The van der Waals surface area contributed by atoms with E-state index in [-0.39, 0.29) is 22.4 Å².